The summed E-state index contributed by atoms with van der Waals surface area (Å²) < 4.78 is 13.4. The molecule has 69 heavy (non-hydrogen) atoms. The number of furan rings is 2. The highest BCUT2D eigenvalue weighted by molar-refractivity contribution is 6.20. The third-order valence-corrected chi connectivity index (χ3v) is 13.7. The van der Waals surface area contributed by atoms with Crippen LogP contribution in [0.1, 0.15) is 22.9 Å². The van der Waals surface area contributed by atoms with E-state index in [9.17, 15) is 0 Å². The Morgan fingerprint density at radius 2 is 1.04 bits per heavy atom. The topological polar surface area (TPSA) is 63.0 Å². The van der Waals surface area contributed by atoms with Gasteiger partial charge in [0.05, 0.1) is 6.54 Å². The van der Waals surface area contributed by atoms with Gasteiger partial charge in [0.25, 0.3) is 0 Å². The lowest BCUT2D eigenvalue weighted by atomic mass is 9.90. The standard InChI is InChI=1S/C64H43N3O2/c1-65-63(44-29-26-42(27-30-44)41-14-3-2-4-15-41)67-64(47-32-33-50-46(38-47)31-28-43-16-5-7-18-48(43)50)66-39-40-36-45-17-6-8-19-49(45)57(37-40)52-34-35-55(62-60(52)56-21-10-12-25-59(56)69-62)54-23-13-22-53-51-20-9-11-24-58(51)68-61(53)54/h2-38,63H,1,39H2,(H,66,67). The Balaban J connectivity index is 0.943. The summed E-state index contributed by atoms with van der Waals surface area (Å²) in [6.45, 7) is 4.47. The van der Waals surface area contributed by atoms with Crippen molar-refractivity contribution in [2.75, 3.05) is 0 Å². The lowest BCUT2D eigenvalue weighted by Gasteiger charge is -2.19. The average molecular weight is 886 g/mol. The Labute approximate surface area is 398 Å². The van der Waals surface area contributed by atoms with Gasteiger partial charge in [0.1, 0.15) is 34.3 Å². The minimum absolute atomic E-state index is 0.411. The second-order valence-electron chi connectivity index (χ2n) is 17.7. The van der Waals surface area contributed by atoms with Gasteiger partial charge in [-0.25, -0.2) is 0 Å². The maximum Gasteiger partial charge on any atom is 0.145 e. The van der Waals surface area contributed by atoms with Crippen LogP contribution >= 0.6 is 0 Å². The minimum Gasteiger partial charge on any atom is -0.455 e. The quantitative estimate of drug-likeness (QED) is 0.0892. The zero-order valence-electron chi connectivity index (χ0n) is 37.6. The molecule has 326 valence electrons. The van der Waals surface area contributed by atoms with Crippen LogP contribution in [0.4, 0.5) is 0 Å². The number of aliphatic imine (C=N–C) groups is 2. The molecule has 0 radical (unpaired) electrons. The number of amidine groups is 1. The zero-order chi connectivity index (χ0) is 45.8. The van der Waals surface area contributed by atoms with Gasteiger partial charge < -0.3 is 14.2 Å². The SMILES string of the molecule is C=NC(N/C(=N\Cc1cc(-c2ccc(-c3cccc4c3oc3ccccc34)c3oc4ccccc4c23)c2ccccc2c1)c1ccc2c(ccc3ccccc32)c1)c1ccc(-c2ccccc2)cc1. The fourth-order valence-electron chi connectivity index (χ4n) is 10.3. The van der Waals surface area contributed by atoms with Gasteiger partial charge in [0, 0.05) is 38.2 Å². The van der Waals surface area contributed by atoms with Crippen molar-refractivity contribution >= 4 is 88.7 Å². The van der Waals surface area contributed by atoms with Gasteiger partial charge in [-0.3, -0.25) is 9.98 Å². The van der Waals surface area contributed by atoms with Crippen LogP contribution in [0.5, 0.6) is 0 Å². The largest absolute Gasteiger partial charge is 0.455 e. The van der Waals surface area contributed by atoms with E-state index in [1.54, 1.807) is 0 Å². The summed E-state index contributed by atoms with van der Waals surface area (Å²) in [4.78, 5) is 10.1. The van der Waals surface area contributed by atoms with E-state index in [2.05, 4.69) is 217 Å². The molecule has 0 spiro atoms. The van der Waals surface area contributed by atoms with Crippen molar-refractivity contribution in [1.82, 2.24) is 5.32 Å². The van der Waals surface area contributed by atoms with Gasteiger partial charge in [-0.1, -0.05) is 188 Å². The molecule has 1 N–H and O–H groups in total. The molecule has 0 amide bonds. The van der Waals surface area contributed by atoms with Crippen molar-refractivity contribution in [3.63, 3.8) is 0 Å². The first kappa shape index (κ1) is 40.2. The number of hydrogen-bond acceptors (Lipinski definition) is 4. The molecule has 1 unspecified atom stereocenters. The molecular formula is C64H43N3O2. The molecule has 0 aliphatic heterocycles. The summed E-state index contributed by atoms with van der Waals surface area (Å²) in [5.74, 6) is 0.733. The van der Waals surface area contributed by atoms with Crippen LogP contribution in [0, 0.1) is 0 Å². The van der Waals surface area contributed by atoms with Gasteiger partial charge in [0.15, 0.2) is 0 Å². The highest BCUT2D eigenvalue weighted by Gasteiger charge is 2.22. The molecule has 2 heterocycles. The zero-order valence-corrected chi connectivity index (χ0v) is 37.6. The molecule has 1 atom stereocenters. The molecule has 2 aromatic heterocycles. The summed E-state index contributed by atoms with van der Waals surface area (Å²) in [5.41, 5.74) is 12.9. The normalized spacial score (nSPS) is 12.5. The Hall–Kier alpha value is -9.06. The molecule has 5 nitrogen and oxygen atoms in total. The van der Waals surface area contributed by atoms with Gasteiger partial charge in [0.2, 0.25) is 0 Å². The summed E-state index contributed by atoms with van der Waals surface area (Å²) >= 11 is 0. The first-order valence-corrected chi connectivity index (χ1v) is 23.4. The summed E-state index contributed by atoms with van der Waals surface area (Å²) in [6, 6.07) is 79.1. The molecular weight excluding hydrogens is 843 g/mol. The summed E-state index contributed by atoms with van der Waals surface area (Å²) in [5, 5.41) is 15.1. The number of hydrogen-bond donors (Lipinski definition) is 1. The van der Waals surface area contributed by atoms with E-state index >= 15 is 0 Å². The molecule has 13 rings (SSSR count). The molecule has 11 aromatic carbocycles. The van der Waals surface area contributed by atoms with E-state index in [1.807, 2.05) is 24.3 Å². The maximum atomic E-state index is 6.87. The summed E-state index contributed by atoms with van der Waals surface area (Å²) in [6.07, 6.45) is -0.445. The van der Waals surface area contributed by atoms with Gasteiger partial charge in [-0.05, 0) is 109 Å². The second-order valence-corrected chi connectivity index (χ2v) is 17.7. The lowest BCUT2D eigenvalue weighted by molar-refractivity contribution is 0.665. The highest BCUT2D eigenvalue weighted by atomic mass is 16.3. The first-order chi connectivity index (χ1) is 34.1. The fourth-order valence-corrected chi connectivity index (χ4v) is 10.3. The predicted octanol–water partition coefficient (Wildman–Crippen LogP) is 16.9. The van der Waals surface area contributed by atoms with E-state index in [-0.39, 0.29) is 0 Å². The van der Waals surface area contributed by atoms with Crippen molar-refractivity contribution in [2.45, 2.75) is 12.7 Å². The lowest BCUT2D eigenvalue weighted by Crippen LogP contribution is -2.28. The Morgan fingerprint density at radius 3 is 1.87 bits per heavy atom. The molecule has 0 saturated heterocycles. The Bertz CT molecular complexity index is 4160. The maximum absolute atomic E-state index is 6.87. The molecule has 0 fully saturated rings. The second kappa shape index (κ2) is 16.7. The molecule has 0 saturated carbocycles. The minimum atomic E-state index is -0.445. The van der Waals surface area contributed by atoms with E-state index in [0.29, 0.717) is 6.54 Å². The van der Waals surface area contributed by atoms with Crippen LogP contribution in [0.3, 0.4) is 0 Å². The van der Waals surface area contributed by atoms with Crippen LogP contribution in [-0.4, -0.2) is 12.6 Å². The number of benzene rings is 11. The van der Waals surface area contributed by atoms with Crippen LogP contribution in [-0.2, 0) is 6.54 Å². The molecule has 5 heteroatoms. The van der Waals surface area contributed by atoms with Crippen molar-refractivity contribution < 1.29 is 8.83 Å². The van der Waals surface area contributed by atoms with Gasteiger partial charge >= 0.3 is 0 Å². The molecule has 13 aromatic rings. The van der Waals surface area contributed by atoms with Gasteiger partial charge in [-0.15, -0.1) is 0 Å². The van der Waals surface area contributed by atoms with Crippen LogP contribution in [0.2, 0.25) is 0 Å². The summed E-state index contributed by atoms with van der Waals surface area (Å²) in [7, 11) is 0. The number of nitrogens with one attached hydrogen (secondary N) is 1. The predicted molar refractivity (Wildman–Crippen MR) is 288 cm³/mol. The number of rotatable bonds is 9. The monoisotopic (exact) mass is 885 g/mol. The number of para-hydroxylation sites is 3. The van der Waals surface area contributed by atoms with Crippen molar-refractivity contribution in [3.8, 4) is 33.4 Å². The van der Waals surface area contributed by atoms with Crippen molar-refractivity contribution in [1.29, 1.82) is 0 Å². The smallest absolute Gasteiger partial charge is 0.145 e. The molecule has 0 bridgehead atoms. The third kappa shape index (κ3) is 7.02. The highest BCUT2D eigenvalue weighted by Crippen LogP contribution is 2.46. The molecule has 0 aliphatic rings. The van der Waals surface area contributed by atoms with Gasteiger partial charge in [-0.2, -0.15) is 0 Å². The van der Waals surface area contributed by atoms with E-state index in [1.165, 1.54) is 21.7 Å². The average Bonchev–Trinajstić information content (AvgIpc) is 4.00. The van der Waals surface area contributed by atoms with Crippen molar-refractivity contribution in [3.05, 3.63) is 241 Å². The number of fused-ring (bicyclic) bond motifs is 10. The Morgan fingerprint density at radius 1 is 0.435 bits per heavy atom. The fraction of sp³-hybridized carbons (Fsp3) is 0.0312. The number of nitrogens with zero attached hydrogens (tertiary/aromatic N) is 2. The molecule has 0 aliphatic carbocycles. The van der Waals surface area contributed by atoms with Crippen LogP contribution < -0.4 is 5.32 Å². The first-order valence-electron chi connectivity index (χ1n) is 23.4. The Kier molecular flexibility index (Phi) is 9.72. The van der Waals surface area contributed by atoms with E-state index < -0.39 is 6.17 Å². The van der Waals surface area contributed by atoms with E-state index in [4.69, 9.17) is 13.8 Å². The van der Waals surface area contributed by atoms with Crippen molar-refractivity contribution in [2.24, 2.45) is 9.98 Å². The van der Waals surface area contributed by atoms with Crippen LogP contribution in [0.25, 0.3) is 110 Å². The third-order valence-electron chi connectivity index (χ3n) is 13.7. The van der Waals surface area contributed by atoms with Crippen LogP contribution in [0.15, 0.2) is 243 Å². The van der Waals surface area contributed by atoms with E-state index in [0.717, 1.165) is 110 Å².